The number of nitrogens with one attached hydrogen (secondary N) is 1. The molecule has 3 heterocycles. The maximum absolute atomic E-state index is 3.79. The van der Waals surface area contributed by atoms with Gasteiger partial charge in [-0.25, -0.2) is 0 Å². The number of nitrogens with zero attached hydrogens (tertiary/aromatic N) is 2. The number of aromatic nitrogens is 2. The minimum absolute atomic E-state index is 0.0514. The highest BCUT2D eigenvalue weighted by atomic mass is 15.0. The molecule has 8 rings (SSSR count). The summed E-state index contributed by atoms with van der Waals surface area (Å²) in [6.45, 7) is 0. The summed E-state index contributed by atoms with van der Waals surface area (Å²) in [6.07, 6.45) is 6.83. The number of dihydropyridines is 1. The van der Waals surface area contributed by atoms with E-state index in [4.69, 9.17) is 0 Å². The fourth-order valence-corrected chi connectivity index (χ4v) is 6.16. The zero-order valence-electron chi connectivity index (χ0n) is 21.9. The Bertz CT molecular complexity index is 2060. The average molecular weight is 514 g/mol. The smallest absolute Gasteiger partial charge is 0.0721 e. The molecule has 0 saturated carbocycles. The Kier molecular flexibility index (Phi) is 5.20. The Morgan fingerprint density at radius 2 is 1.20 bits per heavy atom. The molecule has 5 aromatic carbocycles. The second-order valence-corrected chi connectivity index (χ2v) is 10.3. The molecule has 0 saturated heterocycles. The lowest BCUT2D eigenvalue weighted by molar-refractivity contribution is 0.762. The Labute approximate surface area is 232 Å². The molecule has 1 unspecified atom stereocenters. The molecule has 0 bridgehead atoms. The van der Waals surface area contributed by atoms with Gasteiger partial charge in [-0.05, 0) is 59.7 Å². The Hall–Kier alpha value is -5.28. The number of benzene rings is 5. The highest BCUT2D eigenvalue weighted by Crippen LogP contribution is 2.40. The van der Waals surface area contributed by atoms with Gasteiger partial charge in [-0.15, -0.1) is 0 Å². The van der Waals surface area contributed by atoms with Crippen LogP contribution in [0.2, 0.25) is 0 Å². The number of hydrogen-bond donors (Lipinski definition) is 1. The van der Waals surface area contributed by atoms with Gasteiger partial charge in [0.2, 0.25) is 0 Å². The highest BCUT2D eigenvalue weighted by molar-refractivity contribution is 6.21. The van der Waals surface area contributed by atoms with Crippen molar-refractivity contribution in [2.24, 2.45) is 0 Å². The fourth-order valence-electron chi connectivity index (χ4n) is 6.16. The molecule has 1 aliphatic heterocycles. The Balaban J connectivity index is 1.40. The van der Waals surface area contributed by atoms with E-state index in [2.05, 4.69) is 166 Å². The summed E-state index contributed by atoms with van der Waals surface area (Å²) >= 11 is 0. The summed E-state index contributed by atoms with van der Waals surface area (Å²) in [5.41, 5.74) is 9.51. The topological polar surface area (TPSA) is 21.9 Å². The van der Waals surface area contributed by atoms with E-state index in [0.29, 0.717) is 0 Å². The maximum atomic E-state index is 3.79. The van der Waals surface area contributed by atoms with E-state index in [1.54, 1.807) is 0 Å². The van der Waals surface area contributed by atoms with E-state index >= 15 is 0 Å². The zero-order valence-corrected chi connectivity index (χ0v) is 21.9. The van der Waals surface area contributed by atoms with Gasteiger partial charge in [0.25, 0.3) is 0 Å². The van der Waals surface area contributed by atoms with Gasteiger partial charge >= 0.3 is 0 Å². The first-order valence-electron chi connectivity index (χ1n) is 13.7. The highest BCUT2D eigenvalue weighted by Gasteiger charge is 2.22. The van der Waals surface area contributed by atoms with Gasteiger partial charge in [0.15, 0.2) is 0 Å². The largest absolute Gasteiger partial charge is 0.374 e. The van der Waals surface area contributed by atoms with Gasteiger partial charge in [0, 0.05) is 39.4 Å². The van der Waals surface area contributed by atoms with Crippen LogP contribution in [0.15, 0.2) is 152 Å². The van der Waals surface area contributed by atoms with Crippen LogP contribution in [-0.2, 0) is 0 Å². The summed E-state index contributed by atoms with van der Waals surface area (Å²) in [7, 11) is 0. The molecule has 1 aliphatic rings. The first kappa shape index (κ1) is 22.7. The number of hydrogen-bond acceptors (Lipinski definition) is 1. The summed E-state index contributed by atoms with van der Waals surface area (Å²) < 4.78 is 4.72. The first-order chi connectivity index (χ1) is 19.8. The van der Waals surface area contributed by atoms with Crippen LogP contribution < -0.4 is 5.32 Å². The maximum Gasteiger partial charge on any atom is 0.0721 e. The fraction of sp³-hybridized carbons (Fsp3) is 0.0270. The predicted molar refractivity (Wildman–Crippen MR) is 167 cm³/mol. The van der Waals surface area contributed by atoms with E-state index in [1.165, 1.54) is 55.2 Å². The molecule has 190 valence electrons. The molecular formula is C37H27N3. The van der Waals surface area contributed by atoms with Crippen LogP contribution >= 0.6 is 0 Å². The molecule has 0 amide bonds. The van der Waals surface area contributed by atoms with Crippen molar-refractivity contribution in [1.82, 2.24) is 14.5 Å². The third-order valence-electron chi connectivity index (χ3n) is 7.98. The van der Waals surface area contributed by atoms with Crippen molar-refractivity contribution in [3.8, 4) is 5.69 Å². The SMILES string of the molecule is C1=C(c2ccccc2)NC(c2ccccc2)C=C1n1c2ccccc2c2c3ccn(-c4ccccc4)c3ccc21. The summed E-state index contributed by atoms with van der Waals surface area (Å²) in [5, 5.41) is 7.60. The summed E-state index contributed by atoms with van der Waals surface area (Å²) in [5.74, 6) is 0. The molecule has 0 fully saturated rings. The molecule has 7 aromatic rings. The van der Waals surface area contributed by atoms with Crippen LogP contribution in [0.5, 0.6) is 0 Å². The van der Waals surface area contributed by atoms with Crippen molar-refractivity contribution >= 4 is 44.1 Å². The first-order valence-corrected chi connectivity index (χ1v) is 13.7. The lowest BCUT2D eigenvalue weighted by Gasteiger charge is -2.26. The van der Waals surface area contributed by atoms with E-state index < -0.39 is 0 Å². The van der Waals surface area contributed by atoms with Gasteiger partial charge in [-0.3, -0.25) is 0 Å². The molecule has 0 aliphatic carbocycles. The second kappa shape index (κ2) is 9.18. The molecule has 0 spiro atoms. The van der Waals surface area contributed by atoms with E-state index in [0.717, 1.165) is 5.70 Å². The van der Waals surface area contributed by atoms with Crippen molar-refractivity contribution < 1.29 is 0 Å². The molecule has 2 aromatic heterocycles. The normalized spacial score (nSPS) is 15.2. The minimum Gasteiger partial charge on any atom is -0.374 e. The monoisotopic (exact) mass is 513 g/mol. The van der Waals surface area contributed by atoms with Crippen LogP contribution in [0.25, 0.3) is 49.8 Å². The van der Waals surface area contributed by atoms with E-state index in [1.807, 2.05) is 0 Å². The predicted octanol–water partition coefficient (Wildman–Crippen LogP) is 8.96. The average Bonchev–Trinajstić information content (AvgIpc) is 3.61. The molecule has 3 heteroatoms. The molecule has 3 nitrogen and oxygen atoms in total. The van der Waals surface area contributed by atoms with Gasteiger partial charge in [0.05, 0.1) is 22.6 Å². The summed E-state index contributed by atoms with van der Waals surface area (Å²) in [6, 6.07) is 47.5. The second-order valence-electron chi connectivity index (χ2n) is 10.3. The molecule has 0 radical (unpaired) electrons. The standard InChI is InChI=1S/C37H27N3/c1-4-12-26(13-5-1)32-24-29(25-33(38-32)27-14-6-2-7-15-27)40-35-19-11-10-18-30(35)37-31-22-23-39(28-16-8-3-9-17-28)34(31)20-21-36(37)40/h1-25,32,38H. The van der Waals surface area contributed by atoms with Crippen LogP contribution in [0.1, 0.15) is 17.2 Å². The number of fused-ring (bicyclic) bond motifs is 5. The summed E-state index contributed by atoms with van der Waals surface area (Å²) in [4.78, 5) is 0. The van der Waals surface area contributed by atoms with Crippen LogP contribution in [0.4, 0.5) is 0 Å². The van der Waals surface area contributed by atoms with Gasteiger partial charge in [0.1, 0.15) is 0 Å². The lowest BCUT2D eigenvalue weighted by Crippen LogP contribution is -2.22. The van der Waals surface area contributed by atoms with Crippen LogP contribution in [0.3, 0.4) is 0 Å². The minimum atomic E-state index is 0.0514. The third kappa shape index (κ3) is 3.59. The number of para-hydroxylation sites is 2. The van der Waals surface area contributed by atoms with Gasteiger partial charge in [-0.2, -0.15) is 0 Å². The van der Waals surface area contributed by atoms with Crippen molar-refractivity contribution in [3.05, 3.63) is 163 Å². The number of allylic oxidation sites excluding steroid dienone is 2. The van der Waals surface area contributed by atoms with Crippen molar-refractivity contribution in [2.75, 3.05) is 0 Å². The van der Waals surface area contributed by atoms with Crippen molar-refractivity contribution in [3.63, 3.8) is 0 Å². The van der Waals surface area contributed by atoms with E-state index in [9.17, 15) is 0 Å². The van der Waals surface area contributed by atoms with Gasteiger partial charge < -0.3 is 14.5 Å². The Morgan fingerprint density at radius 1 is 0.550 bits per heavy atom. The number of rotatable bonds is 4. The van der Waals surface area contributed by atoms with Crippen molar-refractivity contribution in [1.29, 1.82) is 0 Å². The van der Waals surface area contributed by atoms with Gasteiger partial charge in [-0.1, -0.05) is 97.1 Å². The molecule has 1 atom stereocenters. The quantitative estimate of drug-likeness (QED) is 0.249. The molecule has 40 heavy (non-hydrogen) atoms. The molecule has 1 N–H and O–H groups in total. The van der Waals surface area contributed by atoms with Crippen LogP contribution in [-0.4, -0.2) is 9.13 Å². The zero-order chi connectivity index (χ0) is 26.5. The molecular weight excluding hydrogens is 486 g/mol. The lowest BCUT2D eigenvalue weighted by atomic mass is 9.99. The van der Waals surface area contributed by atoms with Crippen LogP contribution in [0, 0.1) is 0 Å². The van der Waals surface area contributed by atoms with E-state index in [-0.39, 0.29) is 6.04 Å². The third-order valence-corrected chi connectivity index (χ3v) is 7.98. The Morgan fingerprint density at radius 3 is 2.00 bits per heavy atom. The van der Waals surface area contributed by atoms with Crippen molar-refractivity contribution in [2.45, 2.75) is 6.04 Å².